The molecule has 8 nitrogen and oxygen atoms in total. The van der Waals surface area contributed by atoms with Crippen molar-refractivity contribution >= 4 is 39.8 Å². The number of benzene rings is 1. The molecule has 3 aromatic heterocycles. The fourth-order valence-corrected chi connectivity index (χ4v) is 4.42. The van der Waals surface area contributed by atoms with Crippen LogP contribution in [0.15, 0.2) is 42.7 Å². The van der Waals surface area contributed by atoms with Gasteiger partial charge in [0.25, 0.3) is 5.91 Å². The molecule has 0 aliphatic carbocycles. The first-order valence-corrected chi connectivity index (χ1v) is 10.7. The Bertz CT molecular complexity index is 1300. The third-order valence-electron chi connectivity index (χ3n) is 4.66. The fourth-order valence-electron chi connectivity index (χ4n) is 3.27. The van der Waals surface area contributed by atoms with Crippen molar-refractivity contribution in [1.29, 1.82) is 0 Å². The Balaban J connectivity index is 1.76. The molecule has 10 heteroatoms. The van der Waals surface area contributed by atoms with Crippen LogP contribution in [0.4, 0.5) is 10.9 Å². The van der Waals surface area contributed by atoms with Gasteiger partial charge in [-0.25, -0.2) is 15.0 Å². The number of rotatable bonds is 6. The second-order valence-electron chi connectivity index (χ2n) is 6.88. The molecule has 0 atom stereocenters. The quantitative estimate of drug-likeness (QED) is 0.419. The van der Waals surface area contributed by atoms with Crippen LogP contribution in [-0.2, 0) is 0 Å². The molecule has 0 saturated heterocycles. The number of carbonyl (C=O) groups is 1. The Hall–Kier alpha value is -3.56. The van der Waals surface area contributed by atoms with Crippen LogP contribution >= 0.6 is 22.9 Å². The Labute approximate surface area is 193 Å². The zero-order valence-electron chi connectivity index (χ0n) is 17.5. The number of aromatic nitrogens is 4. The van der Waals surface area contributed by atoms with Gasteiger partial charge in [0.1, 0.15) is 22.3 Å². The van der Waals surface area contributed by atoms with Crippen molar-refractivity contribution in [2.75, 3.05) is 12.4 Å². The number of hydrogen-bond donors (Lipinski definition) is 2. The molecule has 0 spiro atoms. The summed E-state index contributed by atoms with van der Waals surface area (Å²) in [6, 6.07) is 9.02. The Morgan fingerprint density at radius 2 is 2.00 bits per heavy atom. The second kappa shape index (κ2) is 8.89. The van der Waals surface area contributed by atoms with Crippen molar-refractivity contribution in [3.05, 3.63) is 64.0 Å². The predicted molar refractivity (Wildman–Crippen MR) is 126 cm³/mol. The Morgan fingerprint density at radius 1 is 1.19 bits per heavy atom. The van der Waals surface area contributed by atoms with Crippen molar-refractivity contribution < 1.29 is 9.53 Å². The van der Waals surface area contributed by atoms with Gasteiger partial charge in [-0.15, -0.1) is 0 Å². The molecule has 0 bridgehead atoms. The van der Waals surface area contributed by atoms with Gasteiger partial charge in [-0.3, -0.25) is 9.78 Å². The highest BCUT2D eigenvalue weighted by atomic mass is 35.5. The van der Waals surface area contributed by atoms with Crippen LogP contribution in [-0.4, -0.2) is 33.0 Å². The van der Waals surface area contributed by atoms with E-state index in [1.165, 1.54) is 0 Å². The minimum Gasteiger partial charge on any atom is -0.496 e. The van der Waals surface area contributed by atoms with Gasteiger partial charge in [0.05, 0.1) is 29.1 Å². The first-order valence-electron chi connectivity index (χ1n) is 9.54. The second-order valence-corrected chi connectivity index (χ2v) is 8.29. The topological polar surface area (TPSA) is 116 Å². The number of hydrogen-bond acceptors (Lipinski definition) is 8. The molecule has 162 valence electrons. The summed E-state index contributed by atoms with van der Waals surface area (Å²) in [5, 5.41) is 4.11. The largest absolute Gasteiger partial charge is 0.496 e. The summed E-state index contributed by atoms with van der Waals surface area (Å²) >= 11 is 7.54. The molecule has 0 radical (unpaired) electrons. The van der Waals surface area contributed by atoms with E-state index in [1.54, 1.807) is 44.6 Å². The first-order chi connectivity index (χ1) is 15.4. The zero-order valence-corrected chi connectivity index (χ0v) is 19.1. The maximum absolute atomic E-state index is 12.1. The number of nitrogens with two attached hydrogens (primary N) is 1. The van der Waals surface area contributed by atoms with Crippen molar-refractivity contribution in [3.63, 3.8) is 0 Å². The summed E-state index contributed by atoms with van der Waals surface area (Å²) < 4.78 is 5.42. The minimum atomic E-state index is -0.579. The standard InChI is InChI=1S/C22H19ClN6O2S/c1-11-5-4-6-14(23)18(11)19-20(21(24)30)32-22(29-19)28-17-9-15(26-12(2)27-17)13-10-25-8-7-16(13)31-3/h4-10H,1-3H3,(H2,24,30)(H,26,27,28,29). The molecular weight excluding hydrogens is 448 g/mol. The summed E-state index contributed by atoms with van der Waals surface area (Å²) in [6.45, 7) is 3.69. The SMILES string of the molecule is COc1ccncc1-c1cc(Nc2nc(-c3c(C)cccc3Cl)c(C(N)=O)s2)nc(C)n1. The fraction of sp³-hybridized carbons (Fsp3) is 0.136. The average molecular weight is 467 g/mol. The van der Waals surface area contributed by atoms with Crippen LogP contribution in [0.5, 0.6) is 5.75 Å². The molecule has 0 saturated carbocycles. The lowest BCUT2D eigenvalue weighted by Crippen LogP contribution is -2.10. The summed E-state index contributed by atoms with van der Waals surface area (Å²) in [4.78, 5) is 30.1. The van der Waals surface area contributed by atoms with E-state index in [4.69, 9.17) is 22.1 Å². The van der Waals surface area contributed by atoms with Crippen LogP contribution in [0.3, 0.4) is 0 Å². The zero-order chi connectivity index (χ0) is 22.8. The van der Waals surface area contributed by atoms with E-state index in [9.17, 15) is 4.79 Å². The van der Waals surface area contributed by atoms with Crippen LogP contribution in [0, 0.1) is 13.8 Å². The lowest BCUT2D eigenvalue weighted by Gasteiger charge is -2.09. The van der Waals surface area contributed by atoms with Crippen LogP contribution in [0.1, 0.15) is 21.1 Å². The molecule has 0 unspecified atom stereocenters. The van der Waals surface area contributed by atoms with E-state index < -0.39 is 5.91 Å². The number of thiazole rings is 1. The highest BCUT2D eigenvalue weighted by molar-refractivity contribution is 7.18. The van der Waals surface area contributed by atoms with Crippen molar-refractivity contribution in [3.8, 4) is 28.3 Å². The van der Waals surface area contributed by atoms with Gasteiger partial charge >= 0.3 is 0 Å². The summed E-state index contributed by atoms with van der Waals surface area (Å²) in [7, 11) is 1.59. The van der Waals surface area contributed by atoms with Crippen molar-refractivity contribution in [1.82, 2.24) is 19.9 Å². The minimum absolute atomic E-state index is 0.309. The van der Waals surface area contributed by atoms with E-state index >= 15 is 0 Å². The average Bonchev–Trinajstić information content (AvgIpc) is 3.16. The van der Waals surface area contributed by atoms with E-state index in [2.05, 4.69) is 25.3 Å². The van der Waals surface area contributed by atoms with Gasteiger partial charge in [-0.2, -0.15) is 0 Å². The smallest absolute Gasteiger partial charge is 0.261 e. The monoisotopic (exact) mass is 466 g/mol. The molecule has 1 aromatic carbocycles. The molecule has 32 heavy (non-hydrogen) atoms. The maximum Gasteiger partial charge on any atom is 0.261 e. The number of ether oxygens (including phenoxy) is 1. The molecule has 0 aliphatic heterocycles. The number of nitrogens with zero attached hydrogens (tertiary/aromatic N) is 4. The first kappa shape index (κ1) is 21.7. The Kier molecular flexibility index (Phi) is 6.02. The van der Waals surface area contributed by atoms with Gasteiger partial charge in [-0.1, -0.05) is 35.1 Å². The Morgan fingerprint density at radius 3 is 2.72 bits per heavy atom. The predicted octanol–water partition coefficient (Wildman–Crippen LogP) is 4.78. The number of carbonyl (C=O) groups excluding carboxylic acids is 1. The van der Waals surface area contributed by atoms with E-state index in [1.807, 2.05) is 19.1 Å². The number of amides is 1. The maximum atomic E-state index is 12.1. The number of pyridine rings is 1. The highest BCUT2D eigenvalue weighted by Gasteiger charge is 2.21. The molecule has 3 heterocycles. The van der Waals surface area contributed by atoms with Gasteiger partial charge in [0.15, 0.2) is 5.13 Å². The summed E-state index contributed by atoms with van der Waals surface area (Å²) in [5.41, 5.74) is 9.00. The molecule has 4 aromatic rings. The number of methoxy groups -OCH3 is 1. The lowest BCUT2D eigenvalue weighted by molar-refractivity contribution is 0.100. The molecule has 0 fully saturated rings. The van der Waals surface area contributed by atoms with Crippen molar-refractivity contribution in [2.45, 2.75) is 13.8 Å². The van der Waals surface area contributed by atoms with Crippen LogP contribution in [0.2, 0.25) is 5.02 Å². The van der Waals surface area contributed by atoms with E-state index in [-0.39, 0.29) is 0 Å². The summed E-state index contributed by atoms with van der Waals surface area (Å²) in [6.07, 6.45) is 3.33. The lowest BCUT2D eigenvalue weighted by atomic mass is 10.0. The number of halogens is 1. The number of aryl methyl sites for hydroxylation is 2. The highest BCUT2D eigenvalue weighted by Crippen LogP contribution is 2.38. The van der Waals surface area contributed by atoms with Crippen LogP contribution in [0.25, 0.3) is 22.5 Å². The van der Waals surface area contributed by atoms with E-state index in [0.29, 0.717) is 49.4 Å². The molecular formula is C22H19ClN6O2S. The molecule has 3 N–H and O–H groups in total. The van der Waals surface area contributed by atoms with Crippen molar-refractivity contribution in [2.24, 2.45) is 5.73 Å². The van der Waals surface area contributed by atoms with E-state index in [0.717, 1.165) is 22.5 Å². The van der Waals surface area contributed by atoms with Gasteiger partial charge in [-0.05, 0) is 31.5 Å². The normalized spacial score (nSPS) is 10.8. The third-order valence-corrected chi connectivity index (χ3v) is 5.96. The number of anilines is 2. The van der Waals surface area contributed by atoms with Gasteiger partial charge < -0.3 is 15.8 Å². The van der Waals surface area contributed by atoms with Gasteiger partial charge in [0.2, 0.25) is 0 Å². The summed E-state index contributed by atoms with van der Waals surface area (Å²) in [5.74, 6) is 1.12. The molecule has 0 aliphatic rings. The van der Waals surface area contributed by atoms with Crippen LogP contribution < -0.4 is 15.8 Å². The molecule has 1 amide bonds. The molecule has 4 rings (SSSR count). The number of nitrogens with one attached hydrogen (secondary N) is 1. The van der Waals surface area contributed by atoms with Gasteiger partial charge in [0, 0.05) is 24.0 Å². The number of primary amides is 1. The third kappa shape index (κ3) is 4.25.